The summed E-state index contributed by atoms with van der Waals surface area (Å²) in [6, 6.07) is 3.05. The molecule has 1 heterocycles. The zero-order valence-corrected chi connectivity index (χ0v) is 11.1. The van der Waals surface area contributed by atoms with Crippen molar-refractivity contribution >= 4 is 5.91 Å². The molecule has 0 atom stereocenters. The predicted molar refractivity (Wildman–Crippen MR) is 69.9 cm³/mol. The first-order chi connectivity index (χ1) is 9.17. The number of aryl methyl sites for hydroxylation is 1. The number of carbonyl (C=O) groups excluding carboxylic acids is 1. The molecule has 0 bridgehead atoms. The van der Waals surface area contributed by atoms with Crippen molar-refractivity contribution in [2.75, 3.05) is 13.2 Å². The van der Waals surface area contributed by atoms with Crippen LogP contribution in [-0.2, 0) is 6.54 Å². The number of amides is 1. The standard InChI is InChI=1S/C13H19N3O3/c1-2-7-16-12(18)6-5-11(14-16)13(19)15(8-9-17)10-3-4-10/h5-6,10,17H,2-4,7-9H2,1H3. The maximum absolute atomic E-state index is 12.3. The van der Waals surface area contributed by atoms with Crippen LogP contribution in [0.15, 0.2) is 16.9 Å². The minimum atomic E-state index is -0.207. The van der Waals surface area contributed by atoms with Gasteiger partial charge in [-0.1, -0.05) is 6.92 Å². The van der Waals surface area contributed by atoms with E-state index in [4.69, 9.17) is 5.11 Å². The van der Waals surface area contributed by atoms with Crippen LogP contribution in [-0.4, -0.2) is 44.9 Å². The van der Waals surface area contributed by atoms with Crippen LogP contribution >= 0.6 is 0 Å². The van der Waals surface area contributed by atoms with E-state index in [9.17, 15) is 9.59 Å². The summed E-state index contributed by atoms with van der Waals surface area (Å²) in [5.41, 5.74) is 0.0759. The molecule has 1 saturated carbocycles. The summed E-state index contributed by atoms with van der Waals surface area (Å²) >= 11 is 0. The monoisotopic (exact) mass is 265 g/mol. The fourth-order valence-electron chi connectivity index (χ4n) is 2.03. The number of carbonyl (C=O) groups is 1. The van der Waals surface area contributed by atoms with Crippen LogP contribution in [0.2, 0.25) is 0 Å². The Morgan fingerprint density at radius 3 is 2.84 bits per heavy atom. The zero-order chi connectivity index (χ0) is 13.8. The van der Waals surface area contributed by atoms with Gasteiger partial charge < -0.3 is 10.0 Å². The van der Waals surface area contributed by atoms with E-state index in [0.29, 0.717) is 13.1 Å². The molecule has 0 aliphatic heterocycles. The van der Waals surface area contributed by atoms with Gasteiger partial charge in [0.2, 0.25) is 0 Å². The van der Waals surface area contributed by atoms with Crippen molar-refractivity contribution in [1.82, 2.24) is 14.7 Å². The van der Waals surface area contributed by atoms with Gasteiger partial charge in [-0.15, -0.1) is 0 Å². The molecule has 0 radical (unpaired) electrons. The molecule has 1 amide bonds. The SMILES string of the molecule is CCCn1nc(C(=O)N(CCO)C2CC2)ccc1=O. The smallest absolute Gasteiger partial charge is 0.274 e. The Hall–Kier alpha value is -1.69. The molecule has 1 aromatic heterocycles. The van der Waals surface area contributed by atoms with Crippen LogP contribution in [0.4, 0.5) is 0 Å². The second-order valence-electron chi connectivity index (χ2n) is 4.73. The summed E-state index contributed by atoms with van der Waals surface area (Å²) < 4.78 is 1.32. The first kappa shape index (κ1) is 13.7. The van der Waals surface area contributed by atoms with Crippen molar-refractivity contribution in [3.8, 4) is 0 Å². The molecule has 1 aromatic rings. The van der Waals surface area contributed by atoms with Crippen LogP contribution in [0, 0.1) is 0 Å². The Labute approximate surface area is 111 Å². The van der Waals surface area contributed by atoms with E-state index < -0.39 is 0 Å². The highest BCUT2D eigenvalue weighted by Gasteiger charge is 2.33. The molecule has 0 unspecified atom stereocenters. The lowest BCUT2D eigenvalue weighted by molar-refractivity contribution is 0.0698. The largest absolute Gasteiger partial charge is 0.395 e. The number of hydrogen-bond acceptors (Lipinski definition) is 4. The number of rotatable bonds is 6. The summed E-state index contributed by atoms with van der Waals surface area (Å²) in [6.07, 6.45) is 2.73. The fourth-order valence-corrected chi connectivity index (χ4v) is 2.03. The average Bonchev–Trinajstić information content (AvgIpc) is 3.22. The molecule has 1 fully saturated rings. The lowest BCUT2D eigenvalue weighted by Gasteiger charge is -2.20. The lowest BCUT2D eigenvalue weighted by atomic mass is 10.3. The number of hydrogen-bond donors (Lipinski definition) is 1. The Bertz CT molecular complexity index is 508. The second-order valence-corrected chi connectivity index (χ2v) is 4.73. The highest BCUT2D eigenvalue weighted by molar-refractivity contribution is 5.92. The molecule has 1 N–H and O–H groups in total. The minimum Gasteiger partial charge on any atom is -0.395 e. The number of aliphatic hydroxyl groups is 1. The molecule has 0 spiro atoms. The molecule has 2 rings (SSSR count). The third-order valence-corrected chi connectivity index (χ3v) is 3.11. The Morgan fingerprint density at radius 2 is 2.26 bits per heavy atom. The maximum atomic E-state index is 12.3. The summed E-state index contributed by atoms with van der Waals surface area (Å²) in [5, 5.41) is 13.1. The predicted octanol–water partition coefficient (Wildman–Crippen LogP) is 0.250. The Kier molecular flexibility index (Phi) is 4.31. The summed E-state index contributed by atoms with van der Waals surface area (Å²) in [4.78, 5) is 25.5. The van der Waals surface area contributed by atoms with E-state index in [0.717, 1.165) is 19.3 Å². The van der Waals surface area contributed by atoms with Gasteiger partial charge in [0.25, 0.3) is 11.5 Å². The van der Waals surface area contributed by atoms with Gasteiger partial charge in [0, 0.05) is 25.2 Å². The lowest BCUT2D eigenvalue weighted by Crippen LogP contribution is -2.37. The molecule has 0 saturated heterocycles. The van der Waals surface area contributed by atoms with E-state index >= 15 is 0 Å². The zero-order valence-electron chi connectivity index (χ0n) is 11.1. The van der Waals surface area contributed by atoms with E-state index in [2.05, 4.69) is 5.10 Å². The van der Waals surface area contributed by atoms with Crippen LogP contribution < -0.4 is 5.56 Å². The van der Waals surface area contributed by atoms with Gasteiger partial charge in [-0.05, 0) is 25.3 Å². The normalized spacial score (nSPS) is 14.4. The third-order valence-electron chi connectivity index (χ3n) is 3.11. The van der Waals surface area contributed by atoms with Gasteiger partial charge in [0.05, 0.1) is 6.61 Å². The molecule has 6 nitrogen and oxygen atoms in total. The maximum Gasteiger partial charge on any atom is 0.274 e. The van der Waals surface area contributed by atoms with Gasteiger partial charge in [0.15, 0.2) is 0 Å². The molecule has 6 heteroatoms. The van der Waals surface area contributed by atoms with Gasteiger partial charge >= 0.3 is 0 Å². The molecule has 1 aliphatic carbocycles. The van der Waals surface area contributed by atoms with Crippen molar-refractivity contribution in [1.29, 1.82) is 0 Å². The number of aliphatic hydroxyl groups excluding tert-OH is 1. The highest BCUT2D eigenvalue weighted by atomic mass is 16.3. The molecule has 1 aliphatic rings. The summed E-state index contributed by atoms with van der Waals surface area (Å²) in [5.74, 6) is -0.207. The van der Waals surface area contributed by atoms with Crippen LogP contribution in [0.5, 0.6) is 0 Å². The third kappa shape index (κ3) is 3.20. The average molecular weight is 265 g/mol. The molecule has 19 heavy (non-hydrogen) atoms. The van der Waals surface area contributed by atoms with Gasteiger partial charge in [-0.25, -0.2) is 4.68 Å². The summed E-state index contributed by atoms with van der Waals surface area (Å²) in [6.45, 7) is 2.71. The van der Waals surface area contributed by atoms with Crippen LogP contribution in [0.25, 0.3) is 0 Å². The van der Waals surface area contributed by atoms with Gasteiger partial charge in [-0.2, -0.15) is 5.10 Å². The Balaban J connectivity index is 2.22. The molecular formula is C13H19N3O3. The first-order valence-electron chi connectivity index (χ1n) is 6.67. The van der Waals surface area contributed by atoms with E-state index in [1.54, 1.807) is 4.90 Å². The second kappa shape index (κ2) is 5.97. The van der Waals surface area contributed by atoms with Crippen LogP contribution in [0.3, 0.4) is 0 Å². The van der Waals surface area contributed by atoms with Crippen molar-refractivity contribution in [2.24, 2.45) is 0 Å². The first-order valence-corrected chi connectivity index (χ1v) is 6.67. The van der Waals surface area contributed by atoms with Crippen molar-refractivity contribution in [2.45, 2.75) is 38.8 Å². The number of aromatic nitrogens is 2. The van der Waals surface area contributed by atoms with E-state index in [-0.39, 0.29) is 29.8 Å². The topological polar surface area (TPSA) is 75.4 Å². The Morgan fingerprint density at radius 1 is 1.53 bits per heavy atom. The quantitative estimate of drug-likeness (QED) is 0.800. The van der Waals surface area contributed by atoms with Crippen LogP contribution in [0.1, 0.15) is 36.7 Å². The highest BCUT2D eigenvalue weighted by Crippen LogP contribution is 2.27. The van der Waals surface area contributed by atoms with Gasteiger partial charge in [-0.3, -0.25) is 9.59 Å². The fraction of sp³-hybridized carbons (Fsp3) is 0.615. The number of nitrogens with zero attached hydrogens (tertiary/aromatic N) is 3. The van der Waals surface area contributed by atoms with E-state index in [1.807, 2.05) is 6.92 Å². The molecular weight excluding hydrogens is 246 g/mol. The molecule has 0 aromatic carbocycles. The summed E-state index contributed by atoms with van der Waals surface area (Å²) in [7, 11) is 0. The van der Waals surface area contributed by atoms with Crippen molar-refractivity contribution in [3.05, 3.63) is 28.2 Å². The van der Waals surface area contributed by atoms with Crippen molar-refractivity contribution < 1.29 is 9.90 Å². The van der Waals surface area contributed by atoms with E-state index in [1.165, 1.54) is 16.8 Å². The van der Waals surface area contributed by atoms with Gasteiger partial charge in [0.1, 0.15) is 5.69 Å². The molecule has 104 valence electrons. The minimum absolute atomic E-state index is 0.0587. The van der Waals surface area contributed by atoms with Crippen molar-refractivity contribution in [3.63, 3.8) is 0 Å².